The molecule has 0 heterocycles. The molecule has 0 fully saturated rings. The van der Waals surface area contributed by atoms with E-state index in [-0.39, 0.29) is 0 Å². The van der Waals surface area contributed by atoms with Crippen molar-refractivity contribution in [3.05, 3.63) is 0 Å². The van der Waals surface area contributed by atoms with Gasteiger partial charge in [0.1, 0.15) is 0 Å². The van der Waals surface area contributed by atoms with Crippen molar-refractivity contribution in [1.82, 2.24) is 0 Å². The Hall–Kier alpha value is 0.400. The van der Waals surface area contributed by atoms with Gasteiger partial charge in [-0.2, -0.15) is 0 Å². The van der Waals surface area contributed by atoms with Gasteiger partial charge in [-0.1, -0.05) is 23.7 Å². The molecule has 0 rings (SSSR count). The van der Waals surface area contributed by atoms with E-state index in [2.05, 4.69) is 4.51 Å². The fraction of sp³-hybridized carbons (Fsp3) is 0.500. The van der Waals surface area contributed by atoms with E-state index in [1.165, 1.54) is 0 Å². The van der Waals surface area contributed by atoms with Gasteiger partial charge in [0.05, 0.1) is 0 Å². The number of alkyl halides is 1. The molecule has 0 aliphatic rings. The van der Waals surface area contributed by atoms with Crippen LogP contribution in [0.5, 0.6) is 0 Å². The predicted molar refractivity (Wildman–Crippen MR) is 29.8 cm³/mol. The van der Waals surface area contributed by atoms with Crippen LogP contribution in [0.1, 0.15) is 0 Å². The molecule has 0 spiro atoms. The van der Waals surface area contributed by atoms with E-state index < -0.39 is 19.2 Å². The van der Waals surface area contributed by atoms with Gasteiger partial charge in [0, 0.05) is 0 Å². The average Bonchev–Trinajstić information content (AvgIpc) is 0.811. The SMILES string of the molecule is C=I(C)=N. The number of hydrogen-bond donors (Lipinski definition) is 1. The molecule has 0 unspecified atom stereocenters. The van der Waals surface area contributed by atoms with Gasteiger partial charge in [0.25, 0.3) is 0 Å². The Morgan fingerprint density at radius 3 is 2.00 bits per heavy atom. The highest BCUT2D eigenvalue weighted by Crippen LogP contribution is 1.88. The molecule has 0 aromatic heterocycles. The van der Waals surface area contributed by atoms with Crippen molar-refractivity contribution in [2.24, 2.45) is 0 Å². The third-order valence-electron chi connectivity index (χ3n) is 0. The molecule has 0 saturated carbocycles. The van der Waals surface area contributed by atoms with E-state index in [4.69, 9.17) is 3.56 Å². The zero-order valence-corrected chi connectivity index (χ0v) is 4.74. The molecular weight excluding hydrogens is 165 g/mol. The summed E-state index contributed by atoms with van der Waals surface area (Å²) in [6, 6.07) is 0. The maximum Gasteiger partial charge on any atom is -0.00645 e. The van der Waals surface area contributed by atoms with Crippen LogP contribution >= 0.6 is 19.2 Å². The Morgan fingerprint density at radius 1 is 2.00 bits per heavy atom. The van der Waals surface area contributed by atoms with Crippen LogP contribution in [-0.2, 0) is 0 Å². The first-order valence-corrected chi connectivity index (χ1v) is 5.60. The minimum Gasteiger partial charge on any atom is -0.285 e. The quantitative estimate of drug-likeness (QED) is 0.419. The molecule has 0 saturated heterocycles. The number of nitrogens with one attached hydrogen (secondary N) is 1. The summed E-state index contributed by atoms with van der Waals surface area (Å²) in [5.41, 5.74) is 0. The van der Waals surface area contributed by atoms with Gasteiger partial charge in [0.2, 0.25) is 0 Å². The Labute approximate surface area is 32.6 Å². The summed E-state index contributed by atoms with van der Waals surface area (Å²) in [7, 11) is 0. The average molecular weight is 171 g/mol. The molecule has 26 valence electrons. The van der Waals surface area contributed by atoms with E-state index in [1.807, 2.05) is 4.93 Å². The summed E-state index contributed by atoms with van der Waals surface area (Å²) in [5.74, 6) is 0. The monoisotopic (exact) mass is 171 g/mol. The topological polar surface area (TPSA) is 23.9 Å². The normalized spacial score (nSPS) is 8.50. The highest BCUT2D eigenvalue weighted by atomic mass is 127. The molecule has 0 radical (unpaired) electrons. The van der Waals surface area contributed by atoms with Crippen LogP contribution < -0.4 is 0 Å². The summed E-state index contributed by atoms with van der Waals surface area (Å²) in [4.78, 5) is 1.88. The first-order chi connectivity index (χ1) is 1.73. The zero-order valence-electron chi connectivity index (χ0n) is 2.59. The molecule has 0 atom stereocenters. The van der Waals surface area contributed by atoms with Crippen LogP contribution in [0.15, 0.2) is 0 Å². The van der Waals surface area contributed by atoms with Gasteiger partial charge in [-0.3, -0.25) is 3.56 Å². The van der Waals surface area contributed by atoms with Gasteiger partial charge >= 0.3 is 0 Å². The minimum absolute atomic E-state index is 1.26. The number of hydrogen-bond acceptors (Lipinski definition) is 1. The van der Waals surface area contributed by atoms with Crippen molar-refractivity contribution >= 4 is 23.7 Å². The van der Waals surface area contributed by atoms with Crippen molar-refractivity contribution in [3.63, 3.8) is 0 Å². The second-order valence-electron chi connectivity index (χ2n) is 0.590. The summed E-state index contributed by atoms with van der Waals surface area (Å²) < 4.78 is 10.1. The van der Waals surface area contributed by atoms with Crippen LogP contribution in [-0.4, -0.2) is 9.45 Å². The molecule has 2 heteroatoms. The fourth-order valence-electron chi connectivity index (χ4n) is 0. The molecule has 0 aromatic carbocycles. The van der Waals surface area contributed by atoms with Gasteiger partial charge in [-0.25, -0.2) is 0 Å². The van der Waals surface area contributed by atoms with Crippen LogP contribution in [0.3, 0.4) is 0 Å². The van der Waals surface area contributed by atoms with Crippen LogP contribution in [0.25, 0.3) is 0 Å². The van der Waals surface area contributed by atoms with Crippen LogP contribution in [0.4, 0.5) is 0 Å². The van der Waals surface area contributed by atoms with Crippen molar-refractivity contribution in [2.45, 2.75) is 0 Å². The molecule has 0 aromatic rings. The summed E-state index contributed by atoms with van der Waals surface area (Å²) in [5, 5.41) is 0. The standard InChI is InChI=1S/C2H6IN/c1-3(2)4/h4H,1H2,2H3. The summed E-state index contributed by atoms with van der Waals surface area (Å²) in [6.07, 6.45) is 0. The fourth-order valence-corrected chi connectivity index (χ4v) is 0. The minimum atomic E-state index is -1.26. The molecule has 1 N–H and O–H groups in total. The van der Waals surface area contributed by atoms with Crippen molar-refractivity contribution < 1.29 is 0 Å². The van der Waals surface area contributed by atoms with Crippen molar-refractivity contribution in [2.75, 3.05) is 4.93 Å². The lowest BCUT2D eigenvalue weighted by Gasteiger charge is -1.50. The predicted octanol–water partition coefficient (Wildman–Crippen LogP) is 1.32. The maximum absolute atomic E-state index is 6.63. The third kappa shape index (κ3) is 29.4. The van der Waals surface area contributed by atoms with E-state index in [0.29, 0.717) is 0 Å². The molecule has 1 nitrogen and oxygen atoms in total. The summed E-state index contributed by atoms with van der Waals surface area (Å²) in [6.45, 7) is 0. The van der Waals surface area contributed by atoms with E-state index in [1.54, 1.807) is 0 Å². The van der Waals surface area contributed by atoms with E-state index in [9.17, 15) is 0 Å². The van der Waals surface area contributed by atoms with Gasteiger partial charge in [-0.15, -0.1) is 0 Å². The highest BCUT2D eigenvalue weighted by Gasteiger charge is 1.34. The summed E-state index contributed by atoms with van der Waals surface area (Å²) >= 11 is -1.26. The Kier molecular flexibility index (Phi) is 1.86. The first-order valence-electron chi connectivity index (χ1n) is 0.834. The van der Waals surface area contributed by atoms with E-state index >= 15 is 0 Å². The second kappa shape index (κ2) is 1.69. The maximum atomic E-state index is 6.63. The van der Waals surface area contributed by atoms with Gasteiger partial charge in [0.15, 0.2) is 0 Å². The lowest BCUT2D eigenvalue weighted by Crippen LogP contribution is -1.15. The number of rotatable bonds is 0. The lowest BCUT2D eigenvalue weighted by atomic mass is 12.0. The molecule has 0 bridgehead atoms. The van der Waals surface area contributed by atoms with Crippen LogP contribution in [0, 0.1) is 3.56 Å². The Balaban J connectivity index is 3.51. The Morgan fingerprint density at radius 2 is 2.00 bits per heavy atom. The first kappa shape index (κ1) is 4.40. The lowest BCUT2D eigenvalue weighted by molar-refractivity contribution is 1.71. The van der Waals surface area contributed by atoms with Crippen molar-refractivity contribution in [3.8, 4) is 0 Å². The molecule has 0 aliphatic carbocycles. The molecule has 4 heavy (non-hydrogen) atoms. The zero-order chi connectivity index (χ0) is 3.58. The van der Waals surface area contributed by atoms with Crippen LogP contribution in [0.2, 0.25) is 0 Å². The second-order valence-corrected chi connectivity index (χ2v) is 3.96. The molecule has 0 amide bonds. The number of halogens is 1. The highest BCUT2D eigenvalue weighted by molar-refractivity contribution is 14.2. The Bertz CT molecular complexity index is 54.4. The van der Waals surface area contributed by atoms with Crippen molar-refractivity contribution in [1.29, 1.82) is 3.56 Å². The van der Waals surface area contributed by atoms with Gasteiger partial charge in [-0.05, 0) is 4.93 Å². The largest absolute Gasteiger partial charge is 0.285 e. The smallest absolute Gasteiger partial charge is 0.00645 e. The van der Waals surface area contributed by atoms with E-state index in [0.717, 1.165) is 0 Å². The third-order valence-corrected chi connectivity index (χ3v) is 0. The molecular formula is C2H6IN. The van der Waals surface area contributed by atoms with Gasteiger partial charge < -0.3 is 0 Å². The molecule has 0 aliphatic heterocycles.